The van der Waals surface area contributed by atoms with E-state index in [2.05, 4.69) is 80.8 Å². The van der Waals surface area contributed by atoms with Crippen molar-refractivity contribution < 1.29 is 4.74 Å². The lowest BCUT2D eigenvalue weighted by atomic mass is 10.00. The van der Waals surface area contributed by atoms with E-state index in [1.54, 1.807) is 0 Å². The SMILES string of the molecule is C=C(c1ccccc1)c1ccc([Si](CCCN(CC)CC)COCC)cc1. The number of benzene rings is 2. The van der Waals surface area contributed by atoms with E-state index in [1.165, 1.54) is 35.3 Å². The van der Waals surface area contributed by atoms with E-state index in [0.29, 0.717) is 0 Å². The first kappa shape index (κ1) is 21.6. The molecule has 0 aliphatic heterocycles. The summed E-state index contributed by atoms with van der Waals surface area (Å²) >= 11 is 0. The Balaban J connectivity index is 2.03. The van der Waals surface area contributed by atoms with Crippen LogP contribution in [0.25, 0.3) is 5.57 Å². The summed E-state index contributed by atoms with van der Waals surface area (Å²) in [4.78, 5) is 2.51. The molecule has 3 heteroatoms. The summed E-state index contributed by atoms with van der Waals surface area (Å²) in [6.07, 6.45) is 2.15. The molecule has 2 nitrogen and oxygen atoms in total. The number of ether oxygens (including phenoxy) is 1. The molecule has 2 rings (SSSR count). The molecule has 0 saturated carbocycles. The van der Waals surface area contributed by atoms with Crippen LogP contribution in [-0.2, 0) is 4.74 Å². The first-order valence-corrected chi connectivity index (χ1v) is 12.1. The largest absolute Gasteiger partial charge is 0.385 e. The highest BCUT2D eigenvalue weighted by Gasteiger charge is 2.15. The Hall–Kier alpha value is -1.68. The van der Waals surface area contributed by atoms with Crippen LogP contribution in [0, 0.1) is 0 Å². The topological polar surface area (TPSA) is 12.5 Å². The smallest absolute Gasteiger partial charge is 0.117 e. The van der Waals surface area contributed by atoms with Crippen molar-refractivity contribution in [2.45, 2.75) is 33.2 Å². The molecule has 0 aliphatic rings. The summed E-state index contributed by atoms with van der Waals surface area (Å²) in [6, 6.07) is 20.7. The van der Waals surface area contributed by atoms with Gasteiger partial charge in [-0.1, -0.05) is 86.3 Å². The third-order valence-electron chi connectivity index (χ3n) is 5.09. The molecule has 2 aromatic rings. The zero-order valence-corrected chi connectivity index (χ0v) is 18.2. The Bertz CT molecular complexity index is 665. The van der Waals surface area contributed by atoms with Gasteiger partial charge in [0.15, 0.2) is 0 Å². The Morgan fingerprint density at radius 1 is 0.926 bits per heavy atom. The maximum absolute atomic E-state index is 5.82. The van der Waals surface area contributed by atoms with Crippen molar-refractivity contribution in [2.24, 2.45) is 0 Å². The van der Waals surface area contributed by atoms with Gasteiger partial charge in [-0.2, -0.15) is 0 Å². The summed E-state index contributed by atoms with van der Waals surface area (Å²) in [6.45, 7) is 15.1. The number of nitrogens with zero attached hydrogens (tertiary/aromatic N) is 1. The van der Waals surface area contributed by atoms with E-state index in [1.807, 2.05) is 6.07 Å². The molecule has 145 valence electrons. The van der Waals surface area contributed by atoms with Crippen molar-refractivity contribution in [3.8, 4) is 0 Å². The second-order valence-corrected chi connectivity index (χ2v) is 9.37. The molecule has 0 saturated heterocycles. The second kappa shape index (κ2) is 11.9. The van der Waals surface area contributed by atoms with Crippen molar-refractivity contribution >= 4 is 19.6 Å². The van der Waals surface area contributed by atoms with Crippen LogP contribution in [0.4, 0.5) is 0 Å². The van der Waals surface area contributed by atoms with Crippen molar-refractivity contribution in [3.63, 3.8) is 0 Å². The zero-order valence-electron chi connectivity index (χ0n) is 17.2. The van der Waals surface area contributed by atoms with Crippen molar-refractivity contribution in [2.75, 3.05) is 32.5 Å². The lowest BCUT2D eigenvalue weighted by Crippen LogP contribution is -2.36. The Morgan fingerprint density at radius 2 is 1.56 bits per heavy atom. The standard InChI is InChI=1S/C24H34NOSi/c1-5-25(6-2)18-11-19-27(20-26-7-3)24-16-14-23(15-17-24)21(4)22-12-9-8-10-13-22/h8-10,12-17H,4-7,11,18-20H2,1-3H3. The normalized spacial score (nSPS) is 11.3. The summed E-state index contributed by atoms with van der Waals surface area (Å²) in [5, 5.41) is 1.47. The highest BCUT2D eigenvalue weighted by molar-refractivity contribution is 6.73. The van der Waals surface area contributed by atoms with Crippen molar-refractivity contribution in [3.05, 3.63) is 72.3 Å². The van der Waals surface area contributed by atoms with E-state index in [4.69, 9.17) is 4.74 Å². The van der Waals surface area contributed by atoms with E-state index < -0.39 is 8.80 Å². The summed E-state index contributed by atoms with van der Waals surface area (Å²) in [5.41, 5.74) is 3.47. The fourth-order valence-electron chi connectivity index (χ4n) is 3.29. The highest BCUT2D eigenvalue weighted by Crippen LogP contribution is 2.20. The summed E-state index contributed by atoms with van der Waals surface area (Å²) in [7, 11) is -0.681. The first-order chi connectivity index (χ1) is 13.2. The van der Waals surface area contributed by atoms with Gasteiger partial charge in [0.2, 0.25) is 0 Å². The van der Waals surface area contributed by atoms with Gasteiger partial charge in [-0.05, 0) is 49.7 Å². The lowest BCUT2D eigenvalue weighted by Gasteiger charge is -2.20. The number of hydrogen-bond donors (Lipinski definition) is 0. The molecule has 0 aromatic heterocycles. The second-order valence-electron chi connectivity index (χ2n) is 6.79. The third kappa shape index (κ3) is 6.76. The number of rotatable bonds is 12. The van der Waals surface area contributed by atoms with Gasteiger partial charge >= 0.3 is 0 Å². The summed E-state index contributed by atoms with van der Waals surface area (Å²) in [5.74, 6) is 0. The Kier molecular flexibility index (Phi) is 9.53. The molecule has 0 amide bonds. The van der Waals surface area contributed by atoms with Crippen LogP contribution in [0.3, 0.4) is 0 Å². The molecule has 1 radical (unpaired) electrons. The predicted octanol–water partition coefficient (Wildman–Crippen LogP) is 4.76. The monoisotopic (exact) mass is 380 g/mol. The molecule has 0 unspecified atom stereocenters. The van der Waals surface area contributed by atoms with Gasteiger partial charge in [-0.3, -0.25) is 0 Å². The first-order valence-electron chi connectivity index (χ1n) is 10.2. The van der Waals surface area contributed by atoms with Gasteiger partial charge in [-0.15, -0.1) is 0 Å². The van der Waals surface area contributed by atoms with Crippen LogP contribution in [0.5, 0.6) is 0 Å². The molecule has 0 bridgehead atoms. The number of hydrogen-bond acceptors (Lipinski definition) is 2. The quantitative estimate of drug-likeness (QED) is 0.492. The van der Waals surface area contributed by atoms with E-state index in [9.17, 15) is 0 Å². The lowest BCUT2D eigenvalue weighted by molar-refractivity contribution is 0.191. The third-order valence-corrected chi connectivity index (χ3v) is 7.75. The average Bonchev–Trinajstić information content (AvgIpc) is 2.73. The fraction of sp³-hybridized carbons (Fsp3) is 0.417. The molecule has 0 spiro atoms. The van der Waals surface area contributed by atoms with Crippen molar-refractivity contribution in [1.82, 2.24) is 4.90 Å². The van der Waals surface area contributed by atoms with Crippen LogP contribution in [0.1, 0.15) is 38.3 Å². The Morgan fingerprint density at radius 3 is 2.15 bits per heavy atom. The zero-order chi connectivity index (χ0) is 19.5. The fourth-order valence-corrected chi connectivity index (χ4v) is 5.57. The van der Waals surface area contributed by atoms with Gasteiger partial charge < -0.3 is 9.64 Å². The molecular weight excluding hydrogens is 346 g/mol. The van der Waals surface area contributed by atoms with E-state index in [-0.39, 0.29) is 0 Å². The maximum atomic E-state index is 5.82. The molecule has 2 aromatic carbocycles. The van der Waals surface area contributed by atoms with Crippen molar-refractivity contribution in [1.29, 1.82) is 0 Å². The molecule has 0 N–H and O–H groups in total. The molecule has 0 heterocycles. The highest BCUT2D eigenvalue weighted by atomic mass is 28.3. The molecule has 0 aliphatic carbocycles. The molecular formula is C24H34NOSi. The van der Waals surface area contributed by atoms with Crippen LogP contribution in [-0.4, -0.2) is 46.2 Å². The Labute approximate surface area is 167 Å². The molecule has 27 heavy (non-hydrogen) atoms. The van der Waals surface area contributed by atoms with Crippen LogP contribution >= 0.6 is 0 Å². The molecule has 0 atom stereocenters. The van der Waals surface area contributed by atoms with Gasteiger partial charge in [0.25, 0.3) is 0 Å². The van der Waals surface area contributed by atoms with Gasteiger partial charge in [-0.25, -0.2) is 0 Å². The average molecular weight is 381 g/mol. The van der Waals surface area contributed by atoms with Gasteiger partial charge in [0.05, 0.1) is 0 Å². The predicted molar refractivity (Wildman–Crippen MR) is 120 cm³/mol. The van der Waals surface area contributed by atoms with E-state index in [0.717, 1.165) is 31.5 Å². The van der Waals surface area contributed by atoms with Crippen LogP contribution in [0.15, 0.2) is 61.2 Å². The minimum atomic E-state index is -0.681. The van der Waals surface area contributed by atoms with Crippen LogP contribution < -0.4 is 5.19 Å². The maximum Gasteiger partial charge on any atom is 0.117 e. The van der Waals surface area contributed by atoms with E-state index >= 15 is 0 Å². The molecule has 0 fully saturated rings. The minimum Gasteiger partial charge on any atom is -0.385 e. The minimum absolute atomic E-state index is 0.681. The summed E-state index contributed by atoms with van der Waals surface area (Å²) < 4.78 is 5.82. The van der Waals surface area contributed by atoms with Crippen LogP contribution in [0.2, 0.25) is 6.04 Å². The van der Waals surface area contributed by atoms with Gasteiger partial charge in [0, 0.05) is 12.8 Å². The van der Waals surface area contributed by atoms with Gasteiger partial charge in [0.1, 0.15) is 8.80 Å².